The summed E-state index contributed by atoms with van der Waals surface area (Å²) in [6, 6.07) is 10.7. The SMILES string of the molecule is CCc1c(O)cc(O)c(-c2ccccc2)c1CCc1ocnc1C(=O)O. The number of aromatic nitrogens is 1. The Kier molecular flexibility index (Phi) is 4.93. The van der Waals surface area contributed by atoms with E-state index in [0.717, 1.165) is 23.1 Å². The number of benzene rings is 2. The fourth-order valence-electron chi connectivity index (χ4n) is 3.21. The third kappa shape index (κ3) is 3.26. The van der Waals surface area contributed by atoms with E-state index in [0.29, 0.717) is 18.4 Å². The molecular weight excluding hydrogens is 334 g/mol. The molecule has 0 amide bonds. The molecule has 134 valence electrons. The van der Waals surface area contributed by atoms with Gasteiger partial charge in [0.05, 0.1) is 0 Å². The Morgan fingerprint density at radius 1 is 1.08 bits per heavy atom. The first-order valence-electron chi connectivity index (χ1n) is 8.30. The lowest BCUT2D eigenvalue weighted by Gasteiger charge is -2.17. The third-order valence-electron chi connectivity index (χ3n) is 4.37. The molecule has 3 N–H and O–H groups in total. The van der Waals surface area contributed by atoms with Crippen molar-refractivity contribution in [2.24, 2.45) is 0 Å². The normalized spacial score (nSPS) is 10.8. The molecular formula is C20H19NO5. The second-order valence-corrected chi connectivity index (χ2v) is 5.90. The molecule has 2 aromatic carbocycles. The van der Waals surface area contributed by atoms with Crippen molar-refractivity contribution < 1.29 is 24.5 Å². The molecule has 0 spiro atoms. The van der Waals surface area contributed by atoms with E-state index in [2.05, 4.69) is 4.98 Å². The number of aryl methyl sites for hydroxylation is 1. The van der Waals surface area contributed by atoms with Gasteiger partial charge in [0, 0.05) is 18.1 Å². The van der Waals surface area contributed by atoms with Crippen LogP contribution in [0.1, 0.15) is 34.3 Å². The van der Waals surface area contributed by atoms with Gasteiger partial charge in [-0.1, -0.05) is 37.3 Å². The van der Waals surface area contributed by atoms with Crippen molar-refractivity contribution in [2.45, 2.75) is 26.2 Å². The summed E-state index contributed by atoms with van der Waals surface area (Å²) in [6.07, 6.45) is 2.36. The topological polar surface area (TPSA) is 104 Å². The summed E-state index contributed by atoms with van der Waals surface area (Å²) in [6.45, 7) is 1.92. The summed E-state index contributed by atoms with van der Waals surface area (Å²) in [7, 11) is 0. The minimum atomic E-state index is -1.15. The van der Waals surface area contributed by atoms with Crippen LogP contribution in [0.25, 0.3) is 11.1 Å². The van der Waals surface area contributed by atoms with Gasteiger partial charge in [-0.2, -0.15) is 0 Å². The van der Waals surface area contributed by atoms with Gasteiger partial charge in [0.2, 0.25) is 0 Å². The van der Waals surface area contributed by atoms with Gasteiger partial charge >= 0.3 is 5.97 Å². The van der Waals surface area contributed by atoms with Crippen LogP contribution in [-0.4, -0.2) is 26.3 Å². The molecule has 0 atom stereocenters. The van der Waals surface area contributed by atoms with Crippen LogP contribution in [0.2, 0.25) is 0 Å². The molecule has 0 radical (unpaired) electrons. The summed E-state index contributed by atoms with van der Waals surface area (Å²) < 4.78 is 5.21. The van der Waals surface area contributed by atoms with Crippen molar-refractivity contribution in [3.63, 3.8) is 0 Å². The lowest BCUT2D eigenvalue weighted by atomic mass is 9.89. The number of hydrogen-bond acceptors (Lipinski definition) is 5. The number of carboxylic acids is 1. The maximum Gasteiger partial charge on any atom is 0.358 e. The summed E-state index contributed by atoms with van der Waals surface area (Å²) >= 11 is 0. The van der Waals surface area contributed by atoms with Crippen molar-refractivity contribution in [1.82, 2.24) is 4.98 Å². The molecule has 0 aliphatic rings. The molecule has 6 heteroatoms. The number of nitrogens with zero attached hydrogens (tertiary/aromatic N) is 1. The highest BCUT2D eigenvalue weighted by Gasteiger charge is 2.21. The minimum absolute atomic E-state index is 0.0167. The maximum absolute atomic E-state index is 11.2. The number of phenolic OH excluding ortho intramolecular Hbond substituents is 2. The zero-order valence-electron chi connectivity index (χ0n) is 14.3. The first-order chi connectivity index (χ1) is 12.5. The molecule has 0 saturated carbocycles. The molecule has 0 saturated heterocycles. The predicted molar refractivity (Wildman–Crippen MR) is 95.5 cm³/mol. The van der Waals surface area contributed by atoms with Gasteiger partial charge in [0.15, 0.2) is 12.1 Å². The minimum Gasteiger partial charge on any atom is -0.508 e. The molecule has 0 bridgehead atoms. The Hall–Kier alpha value is -3.28. The van der Waals surface area contributed by atoms with Crippen LogP contribution in [0, 0.1) is 0 Å². The number of oxazole rings is 1. The Balaban J connectivity index is 2.07. The van der Waals surface area contributed by atoms with Crippen molar-refractivity contribution in [1.29, 1.82) is 0 Å². The van der Waals surface area contributed by atoms with Crippen LogP contribution in [0.3, 0.4) is 0 Å². The van der Waals surface area contributed by atoms with Crippen LogP contribution < -0.4 is 0 Å². The highest BCUT2D eigenvalue weighted by molar-refractivity contribution is 5.86. The number of carbonyl (C=O) groups is 1. The summed E-state index contributed by atoms with van der Waals surface area (Å²) in [5.41, 5.74) is 2.83. The quantitative estimate of drug-likeness (QED) is 0.623. The van der Waals surface area contributed by atoms with E-state index in [1.165, 1.54) is 6.07 Å². The van der Waals surface area contributed by atoms with E-state index < -0.39 is 5.97 Å². The average Bonchev–Trinajstić information content (AvgIpc) is 3.09. The predicted octanol–water partition coefficient (Wildman–Crippen LogP) is 3.80. The Bertz CT molecular complexity index is 931. The van der Waals surface area contributed by atoms with Crippen molar-refractivity contribution in [2.75, 3.05) is 0 Å². The highest BCUT2D eigenvalue weighted by atomic mass is 16.4. The lowest BCUT2D eigenvalue weighted by molar-refractivity contribution is 0.0688. The van der Waals surface area contributed by atoms with Crippen LogP contribution in [0.15, 0.2) is 47.2 Å². The molecule has 0 unspecified atom stereocenters. The summed E-state index contributed by atoms with van der Waals surface area (Å²) in [5.74, 6) is -0.875. The Morgan fingerprint density at radius 3 is 2.46 bits per heavy atom. The Labute approximate surface area is 150 Å². The summed E-state index contributed by atoms with van der Waals surface area (Å²) in [5, 5.41) is 29.9. The highest BCUT2D eigenvalue weighted by Crippen LogP contribution is 2.40. The van der Waals surface area contributed by atoms with E-state index >= 15 is 0 Å². The number of carboxylic acid groups (broad SMARTS) is 1. The summed E-state index contributed by atoms with van der Waals surface area (Å²) in [4.78, 5) is 14.9. The van der Waals surface area contributed by atoms with Gasteiger partial charge in [0.1, 0.15) is 17.3 Å². The van der Waals surface area contributed by atoms with Gasteiger partial charge in [0.25, 0.3) is 0 Å². The van der Waals surface area contributed by atoms with E-state index in [-0.39, 0.29) is 29.4 Å². The average molecular weight is 353 g/mol. The molecule has 0 fully saturated rings. The lowest BCUT2D eigenvalue weighted by Crippen LogP contribution is -2.05. The molecule has 26 heavy (non-hydrogen) atoms. The van der Waals surface area contributed by atoms with Crippen LogP contribution in [-0.2, 0) is 19.3 Å². The zero-order chi connectivity index (χ0) is 18.7. The van der Waals surface area contributed by atoms with Gasteiger partial charge in [-0.25, -0.2) is 9.78 Å². The molecule has 3 aromatic rings. The fourth-order valence-corrected chi connectivity index (χ4v) is 3.21. The maximum atomic E-state index is 11.2. The second kappa shape index (κ2) is 7.31. The van der Waals surface area contributed by atoms with Crippen LogP contribution >= 0.6 is 0 Å². The number of hydrogen-bond donors (Lipinski definition) is 3. The van der Waals surface area contributed by atoms with Crippen LogP contribution in [0.5, 0.6) is 11.5 Å². The van der Waals surface area contributed by atoms with E-state index in [1.54, 1.807) is 0 Å². The number of phenols is 2. The zero-order valence-corrected chi connectivity index (χ0v) is 14.3. The van der Waals surface area contributed by atoms with Crippen LogP contribution in [0.4, 0.5) is 0 Å². The molecule has 0 aliphatic heterocycles. The van der Waals surface area contributed by atoms with Gasteiger partial charge in [-0.15, -0.1) is 0 Å². The number of aromatic hydroxyl groups is 2. The molecule has 6 nitrogen and oxygen atoms in total. The van der Waals surface area contributed by atoms with Gasteiger partial charge < -0.3 is 19.7 Å². The molecule has 1 heterocycles. The molecule has 3 rings (SSSR count). The van der Waals surface area contributed by atoms with Crippen molar-refractivity contribution in [3.8, 4) is 22.6 Å². The molecule has 1 aromatic heterocycles. The smallest absolute Gasteiger partial charge is 0.358 e. The monoisotopic (exact) mass is 353 g/mol. The fraction of sp³-hybridized carbons (Fsp3) is 0.200. The first-order valence-corrected chi connectivity index (χ1v) is 8.30. The van der Waals surface area contributed by atoms with E-state index in [4.69, 9.17) is 4.42 Å². The van der Waals surface area contributed by atoms with Crippen molar-refractivity contribution in [3.05, 3.63) is 65.4 Å². The number of rotatable bonds is 6. The third-order valence-corrected chi connectivity index (χ3v) is 4.37. The van der Waals surface area contributed by atoms with Gasteiger partial charge in [-0.3, -0.25) is 0 Å². The van der Waals surface area contributed by atoms with Crippen molar-refractivity contribution >= 4 is 5.97 Å². The van der Waals surface area contributed by atoms with Gasteiger partial charge in [-0.05, 0) is 29.5 Å². The second-order valence-electron chi connectivity index (χ2n) is 5.90. The first kappa shape index (κ1) is 17.5. The molecule has 0 aliphatic carbocycles. The van der Waals surface area contributed by atoms with E-state index in [1.807, 2.05) is 37.3 Å². The standard InChI is InChI=1S/C20H19NO5/c1-2-13-14(8-9-17-19(20(24)25)21-11-26-17)18(16(23)10-15(13)22)12-6-4-3-5-7-12/h3-7,10-11,22-23H,2,8-9H2,1H3,(H,24,25). The Morgan fingerprint density at radius 2 is 1.81 bits per heavy atom. The largest absolute Gasteiger partial charge is 0.508 e. The number of aromatic carboxylic acids is 1. The van der Waals surface area contributed by atoms with E-state index in [9.17, 15) is 20.1 Å².